The van der Waals surface area contributed by atoms with Crippen LogP contribution in [0, 0.1) is 0 Å². The predicted molar refractivity (Wildman–Crippen MR) is 38.7 cm³/mol. The molecule has 8 heteroatoms. The van der Waals surface area contributed by atoms with Crippen LogP contribution in [-0.2, 0) is 3.74 Å². The molecule has 0 saturated heterocycles. The first kappa shape index (κ1) is 22.7. The third-order valence-corrected chi connectivity index (χ3v) is 0. The molecule has 0 aromatic rings. The summed E-state index contributed by atoms with van der Waals surface area (Å²) in [6.07, 6.45) is 0. The zero-order valence-electron chi connectivity index (χ0n) is 2.20. The molecular formula is H9AsCa3O4. The van der Waals surface area contributed by atoms with Crippen molar-refractivity contribution >= 4 is 128 Å². The minimum absolute atomic E-state index is 0. The maximum absolute atomic E-state index is 8.94. The third-order valence-electron chi connectivity index (χ3n) is 0. The molecule has 0 atom stereocenters. The van der Waals surface area contributed by atoms with Gasteiger partial charge in [-0.3, -0.25) is 0 Å². The van der Waals surface area contributed by atoms with Gasteiger partial charge in [-0.05, 0) is 0 Å². The van der Waals surface area contributed by atoms with Crippen molar-refractivity contribution in [1.82, 2.24) is 0 Å². The Hall–Kier alpha value is 4.02. The van der Waals surface area contributed by atoms with Crippen LogP contribution >= 0.6 is 0 Å². The van der Waals surface area contributed by atoms with Crippen molar-refractivity contribution in [2.24, 2.45) is 0 Å². The van der Waals surface area contributed by atoms with Gasteiger partial charge < -0.3 is 0 Å². The standard InChI is InChI=1S/AsH3O4.3Ca.6H/c2-1(3,4)5;;;;;;;;;/h(H3,2,3,4,5);;;;;;;;;. The summed E-state index contributed by atoms with van der Waals surface area (Å²) in [6.45, 7) is 0. The molecule has 0 spiro atoms. The van der Waals surface area contributed by atoms with Crippen LogP contribution < -0.4 is 0 Å². The average Bonchev–Trinajstić information content (AvgIpc) is 0.722. The molecule has 0 aromatic heterocycles. The summed E-state index contributed by atoms with van der Waals surface area (Å²) in [5, 5.41) is 0. The van der Waals surface area contributed by atoms with Crippen LogP contribution in [0.5, 0.6) is 0 Å². The van der Waals surface area contributed by atoms with Gasteiger partial charge in [0.2, 0.25) is 0 Å². The van der Waals surface area contributed by atoms with Gasteiger partial charge in [0.05, 0.1) is 0 Å². The second-order valence-electron chi connectivity index (χ2n) is 0.513. The minimum atomic E-state index is -5.12. The van der Waals surface area contributed by atoms with Crippen LogP contribution in [0.3, 0.4) is 0 Å². The zero-order chi connectivity index (χ0) is 4.50. The Morgan fingerprint density at radius 1 is 0.875 bits per heavy atom. The molecule has 0 unspecified atom stereocenters. The van der Waals surface area contributed by atoms with E-state index in [9.17, 15) is 0 Å². The fourth-order valence-electron chi connectivity index (χ4n) is 0. The van der Waals surface area contributed by atoms with Gasteiger partial charge in [-0.2, -0.15) is 0 Å². The van der Waals surface area contributed by atoms with Crippen LogP contribution in [-0.4, -0.2) is 140 Å². The second kappa shape index (κ2) is 11.0. The average molecular weight is 268 g/mol. The van der Waals surface area contributed by atoms with Gasteiger partial charge in [0.15, 0.2) is 0 Å². The summed E-state index contributed by atoms with van der Waals surface area (Å²) < 4.78 is 30.7. The molecule has 0 bridgehead atoms. The summed E-state index contributed by atoms with van der Waals surface area (Å²) in [4.78, 5) is 0. The molecule has 4 nitrogen and oxygen atoms in total. The maximum atomic E-state index is 8.94. The predicted octanol–water partition coefficient (Wildman–Crippen LogP) is -4.92. The van der Waals surface area contributed by atoms with Gasteiger partial charge in [-0.1, -0.05) is 0 Å². The molecule has 0 heterocycles. The molecule has 8 heavy (non-hydrogen) atoms. The fourth-order valence-corrected chi connectivity index (χ4v) is 0. The molecule has 0 aliphatic rings. The Bertz CT molecular complexity index is 57.4. The normalized spacial score (nSPS) is 7.38. The van der Waals surface area contributed by atoms with Gasteiger partial charge >= 0.3 is 144 Å². The second-order valence-corrected chi connectivity index (χ2v) is 2.67. The van der Waals surface area contributed by atoms with E-state index in [1.807, 2.05) is 0 Å². The SMILES string of the molecule is O=[As](O)(O)O.[CaH2].[CaH2].[CaH2]. The molecule has 0 aliphatic heterocycles. The number of hydrogen-bond acceptors (Lipinski definition) is 1. The van der Waals surface area contributed by atoms with Gasteiger partial charge in [0.25, 0.3) is 0 Å². The Morgan fingerprint density at radius 3 is 0.875 bits per heavy atom. The Labute approximate surface area is 140 Å². The Kier molecular flexibility index (Phi) is 31.3. The summed E-state index contributed by atoms with van der Waals surface area (Å²) in [7, 11) is 0. The topological polar surface area (TPSA) is 77.8 Å². The van der Waals surface area contributed by atoms with Crippen LogP contribution in [0.25, 0.3) is 0 Å². The van der Waals surface area contributed by atoms with Crippen molar-refractivity contribution in [3.05, 3.63) is 0 Å². The van der Waals surface area contributed by atoms with Gasteiger partial charge in [0.1, 0.15) is 0 Å². The molecular weight excluding hydrogens is 259 g/mol. The van der Waals surface area contributed by atoms with Gasteiger partial charge in [-0.15, -0.1) is 0 Å². The molecule has 0 amide bonds. The van der Waals surface area contributed by atoms with Crippen molar-refractivity contribution in [2.75, 3.05) is 0 Å². The quantitative estimate of drug-likeness (QED) is 0.385. The Balaban J connectivity index is -0.0000000267. The molecule has 0 aromatic carbocycles. The van der Waals surface area contributed by atoms with E-state index in [2.05, 4.69) is 0 Å². The number of hydrogen-bond donors (Lipinski definition) is 3. The van der Waals surface area contributed by atoms with E-state index in [0.717, 1.165) is 0 Å². The van der Waals surface area contributed by atoms with Crippen molar-refractivity contribution in [3.63, 3.8) is 0 Å². The summed E-state index contributed by atoms with van der Waals surface area (Å²) in [5.41, 5.74) is 0. The summed E-state index contributed by atoms with van der Waals surface area (Å²) in [5.74, 6) is 0. The van der Waals surface area contributed by atoms with E-state index in [1.165, 1.54) is 0 Å². The van der Waals surface area contributed by atoms with E-state index < -0.39 is 14.5 Å². The first-order valence-corrected chi connectivity index (χ1v) is 4.07. The molecule has 0 aliphatic carbocycles. The van der Waals surface area contributed by atoms with Crippen molar-refractivity contribution < 1.29 is 16.0 Å². The number of rotatable bonds is 0. The first-order valence-electron chi connectivity index (χ1n) is 0.783. The van der Waals surface area contributed by atoms with Crippen LogP contribution in [0.15, 0.2) is 0 Å². The molecule has 3 N–H and O–H groups in total. The summed E-state index contributed by atoms with van der Waals surface area (Å²) >= 11 is -5.12. The van der Waals surface area contributed by atoms with Crippen LogP contribution in [0.2, 0.25) is 0 Å². The van der Waals surface area contributed by atoms with E-state index in [0.29, 0.717) is 0 Å². The molecule has 0 fully saturated rings. The molecule has 44 valence electrons. The van der Waals surface area contributed by atoms with Gasteiger partial charge in [-0.25, -0.2) is 0 Å². The third kappa shape index (κ3) is 50.5. The van der Waals surface area contributed by atoms with Crippen molar-refractivity contribution in [3.8, 4) is 0 Å². The van der Waals surface area contributed by atoms with E-state index in [1.54, 1.807) is 0 Å². The van der Waals surface area contributed by atoms with E-state index >= 15 is 0 Å². The first-order chi connectivity index (χ1) is 2.00. The van der Waals surface area contributed by atoms with Crippen molar-refractivity contribution in [2.45, 2.75) is 0 Å². The molecule has 0 radical (unpaired) electrons. The zero-order valence-corrected chi connectivity index (χ0v) is 4.07. The van der Waals surface area contributed by atoms with E-state index in [4.69, 9.17) is 16.0 Å². The fraction of sp³-hybridized carbons (Fsp3) is 0. The molecule has 0 saturated carbocycles. The molecule has 0 rings (SSSR count). The monoisotopic (exact) mass is 268 g/mol. The van der Waals surface area contributed by atoms with Gasteiger partial charge in [0, 0.05) is 0 Å². The Morgan fingerprint density at radius 2 is 0.875 bits per heavy atom. The van der Waals surface area contributed by atoms with Crippen molar-refractivity contribution in [1.29, 1.82) is 0 Å². The van der Waals surface area contributed by atoms with E-state index in [-0.39, 0.29) is 113 Å². The van der Waals surface area contributed by atoms with Crippen LogP contribution in [0.4, 0.5) is 0 Å². The van der Waals surface area contributed by atoms with Crippen LogP contribution in [0.1, 0.15) is 0 Å². The summed E-state index contributed by atoms with van der Waals surface area (Å²) in [6, 6.07) is 0.